The van der Waals surface area contributed by atoms with Crippen LogP contribution in [0.5, 0.6) is 0 Å². The van der Waals surface area contributed by atoms with E-state index in [4.69, 9.17) is 4.43 Å². The van der Waals surface area contributed by atoms with E-state index in [2.05, 4.69) is 39.9 Å². The van der Waals surface area contributed by atoms with E-state index in [1.54, 1.807) is 0 Å². The Hall–Kier alpha value is -0.243. The second-order valence-electron chi connectivity index (χ2n) is 6.37. The van der Waals surface area contributed by atoms with Gasteiger partial charge in [-0.25, -0.2) is 0 Å². The molecule has 0 spiro atoms. The minimum Gasteiger partial charge on any atom is -0.550 e. The summed E-state index contributed by atoms with van der Waals surface area (Å²) in [5.41, 5.74) is 0.379. The van der Waals surface area contributed by atoms with Gasteiger partial charge in [-0.3, -0.25) is 0 Å². The number of allylic oxidation sites excluding steroid dienone is 2. The highest BCUT2D eigenvalue weighted by atomic mass is 28.3. The smallest absolute Gasteiger partial charge is 0.229 e. The lowest BCUT2D eigenvalue weighted by molar-refractivity contribution is 0.255. The SMILES string of the molecule is C[SiH](C)OC1=CC(C(C)(C)C)CCCCC1. The van der Waals surface area contributed by atoms with Crippen LogP contribution in [0.3, 0.4) is 0 Å². The Bertz CT molecular complexity index is 238. The summed E-state index contributed by atoms with van der Waals surface area (Å²) < 4.78 is 6.05. The summed E-state index contributed by atoms with van der Waals surface area (Å²) in [6.45, 7) is 11.6. The third kappa shape index (κ3) is 4.73. The zero-order chi connectivity index (χ0) is 12.2. The molecule has 1 atom stereocenters. The maximum Gasteiger partial charge on any atom is 0.229 e. The van der Waals surface area contributed by atoms with Gasteiger partial charge in [0.05, 0.1) is 5.76 Å². The van der Waals surface area contributed by atoms with Gasteiger partial charge in [-0.05, 0) is 43.3 Å². The number of rotatable bonds is 2. The summed E-state index contributed by atoms with van der Waals surface area (Å²) in [7, 11) is -0.928. The van der Waals surface area contributed by atoms with E-state index in [9.17, 15) is 0 Å². The molecule has 1 nitrogen and oxygen atoms in total. The highest BCUT2D eigenvalue weighted by molar-refractivity contribution is 6.48. The standard InChI is InChI=1S/C14H28OSi/c1-14(2,3)12-9-7-6-8-10-13(11-12)15-16(4)5/h11-12,16H,6-10H2,1-5H3. The Kier molecular flexibility index (Phi) is 5.10. The van der Waals surface area contributed by atoms with E-state index in [0.717, 1.165) is 6.42 Å². The predicted molar refractivity (Wildman–Crippen MR) is 74.1 cm³/mol. The predicted octanol–water partition coefficient (Wildman–Crippen LogP) is 4.50. The first kappa shape index (κ1) is 13.8. The molecule has 1 unspecified atom stereocenters. The molecular weight excluding hydrogens is 212 g/mol. The van der Waals surface area contributed by atoms with Crippen LogP contribution in [-0.4, -0.2) is 9.04 Å². The lowest BCUT2D eigenvalue weighted by atomic mass is 9.76. The van der Waals surface area contributed by atoms with Crippen LogP contribution in [0.4, 0.5) is 0 Å². The molecule has 1 aliphatic carbocycles. The zero-order valence-electron chi connectivity index (χ0n) is 11.7. The molecule has 94 valence electrons. The molecule has 0 aromatic carbocycles. The van der Waals surface area contributed by atoms with Crippen LogP contribution in [-0.2, 0) is 4.43 Å². The molecule has 0 bridgehead atoms. The van der Waals surface area contributed by atoms with Crippen molar-refractivity contribution < 1.29 is 4.43 Å². The van der Waals surface area contributed by atoms with Crippen molar-refractivity contribution in [2.75, 3.05) is 0 Å². The van der Waals surface area contributed by atoms with Gasteiger partial charge in [0.15, 0.2) is 0 Å². The molecule has 0 heterocycles. The van der Waals surface area contributed by atoms with Gasteiger partial charge >= 0.3 is 0 Å². The van der Waals surface area contributed by atoms with Crippen molar-refractivity contribution in [2.45, 2.75) is 66.0 Å². The van der Waals surface area contributed by atoms with E-state index in [1.807, 2.05) is 0 Å². The van der Waals surface area contributed by atoms with Crippen LogP contribution in [0.15, 0.2) is 11.8 Å². The molecule has 2 heteroatoms. The third-order valence-electron chi connectivity index (χ3n) is 3.32. The fraction of sp³-hybridized carbons (Fsp3) is 0.857. The molecule has 1 rings (SSSR count). The van der Waals surface area contributed by atoms with Crippen LogP contribution in [0.2, 0.25) is 13.1 Å². The summed E-state index contributed by atoms with van der Waals surface area (Å²) >= 11 is 0. The lowest BCUT2D eigenvalue weighted by Gasteiger charge is -2.31. The Morgan fingerprint density at radius 1 is 1.19 bits per heavy atom. The molecule has 1 aliphatic rings. The first-order chi connectivity index (χ1) is 7.39. The van der Waals surface area contributed by atoms with Crippen LogP contribution in [0.25, 0.3) is 0 Å². The Balaban J connectivity index is 2.76. The quantitative estimate of drug-likeness (QED) is 0.646. The van der Waals surface area contributed by atoms with Crippen molar-refractivity contribution in [3.05, 3.63) is 11.8 Å². The highest BCUT2D eigenvalue weighted by Crippen LogP contribution is 2.34. The molecule has 0 radical (unpaired) electrons. The van der Waals surface area contributed by atoms with Gasteiger partial charge in [-0.15, -0.1) is 0 Å². The third-order valence-corrected chi connectivity index (χ3v) is 4.10. The molecular formula is C14H28OSi. The van der Waals surface area contributed by atoms with Gasteiger partial charge in [0.25, 0.3) is 0 Å². The fourth-order valence-corrected chi connectivity index (χ4v) is 3.12. The van der Waals surface area contributed by atoms with Crippen molar-refractivity contribution in [1.29, 1.82) is 0 Å². The molecule has 0 N–H and O–H groups in total. The van der Waals surface area contributed by atoms with Crippen molar-refractivity contribution in [3.8, 4) is 0 Å². The Morgan fingerprint density at radius 2 is 1.88 bits per heavy atom. The Labute approximate surface area is 103 Å². The number of hydrogen-bond donors (Lipinski definition) is 0. The maximum atomic E-state index is 6.05. The lowest BCUT2D eigenvalue weighted by Crippen LogP contribution is -2.21. The highest BCUT2D eigenvalue weighted by Gasteiger charge is 2.24. The first-order valence-electron chi connectivity index (χ1n) is 6.77. The molecule has 0 aliphatic heterocycles. The molecule has 0 saturated carbocycles. The summed E-state index contributed by atoms with van der Waals surface area (Å²) in [4.78, 5) is 0. The molecule has 16 heavy (non-hydrogen) atoms. The van der Waals surface area contributed by atoms with Gasteiger partial charge in [0.2, 0.25) is 9.04 Å². The van der Waals surface area contributed by atoms with Crippen LogP contribution < -0.4 is 0 Å². The van der Waals surface area contributed by atoms with Crippen molar-refractivity contribution in [3.63, 3.8) is 0 Å². The molecule has 0 aromatic heterocycles. The van der Waals surface area contributed by atoms with Crippen molar-refractivity contribution in [1.82, 2.24) is 0 Å². The summed E-state index contributed by atoms with van der Waals surface area (Å²) in [5.74, 6) is 1.98. The van der Waals surface area contributed by atoms with E-state index < -0.39 is 9.04 Å². The zero-order valence-corrected chi connectivity index (χ0v) is 12.8. The van der Waals surface area contributed by atoms with Crippen molar-refractivity contribution >= 4 is 9.04 Å². The Morgan fingerprint density at radius 3 is 2.44 bits per heavy atom. The second kappa shape index (κ2) is 5.90. The minimum absolute atomic E-state index is 0.379. The van der Waals surface area contributed by atoms with E-state index in [-0.39, 0.29) is 0 Å². The maximum absolute atomic E-state index is 6.05. The van der Waals surface area contributed by atoms with Gasteiger partial charge in [0.1, 0.15) is 0 Å². The van der Waals surface area contributed by atoms with E-state index in [1.165, 1.54) is 31.4 Å². The van der Waals surface area contributed by atoms with Crippen LogP contribution >= 0.6 is 0 Å². The monoisotopic (exact) mass is 240 g/mol. The first-order valence-corrected chi connectivity index (χ1v) is 9.55. The average molecular weight is 240 g/mol. The number of hydrogen-bond acceptors (Lipinski definition) is 1. The second-order valence-corrected chi connectivity index (χ2v) is 8.70. The van der Waals surface area contributed by atoms with Crippen LogP contribution in [0.1, 0.15) is 52.9 Å². The molecule has 0 saturated heterocycles. The van der Waals surface area contributed by atoms with Gasteiger partial charge < -0.3 is 4.43 Å². The van der Waals surface area contributed by atoms with E-state index in [0.29, 0.717) is 11.3 Å². The topological polar surface area (TPSA) is 9.23 Å². The normalized spacial score (nSPS) is 23.6. The van der Waals surface area contributed by atoms with E-state index >= 15 is 0 Å². The minimum atomic E-state index is -0.928. The van der Waals surface area contributed by atoms with Crippen molar-refractivity contribution in [2.24, 2.45) is 11.3 Å². The average Bonchev–Trinajstić information content (AvgIpc) is 2.06. The van der Waals surface area contributed by atoms with Gasteiger partial charge in [-0.2, -0.15) is 0 Å². The fourth-order valence-electron chi connectivity index (χ4n) is 2.32. The molecule has 0 aromatic rings. The van der Waals surface area contributed by atoms with Gasteiger partial charge in [0, 0.05) is 6.42 Å². The van der Waals surface area contributed by atoms with Crippen LogP contribution in [0, 0.1) is 11.3 Å². The molecule has 0 fully saturated rings. The van der Waals surface area contributed by atoms with Gasteiger partial charge in [-0.1, -0.05) is 33.6 Å². The molecule has 0 amide bonds. The summed E-state index contributed by atoms with van der Waals surface area (Å²) in [6, 6.07) is 0. The largest absolute Gasteiger partial charge is 0.550 e. The summed E-state index contributed by atoms with van der Waals surface area (Å²) in [6.07, 6.45) is 8.99. The summed E-state index contributed by atoms with van der Waals surface area (Å²) in [5, 5.41) is 0.